The lowest BCUT2D eigenvalue weighted by atomic mass is 10.1. The summed E-state index contributed by atoms with van der Waals surface area (Å²) in [5, 5.41) is 9.99. The summed E-state index contributed by atoms with van der Waals surface area (Å²) < 4.78 is 38.1. The number of aromatic amines is 1. The summed E-state index contributed by atoms with van der Waals surface area (Å²) in [5.41, 5.74) is 4.32. The highest BCUT2D eigenvalue weighted by molar-refractivity contribution is 5.83. The lowest BCUT2D eigenvalue weighted by Gasteiger charge is -2.17. The maximum atomic E-state index is 12.7. The third-order valence-corrected chi connectivity index (χ3v) is 5.52. The normalized spacial score (nSPS) is 15.3. The zero-order valence-electron chi connectivity index (χ0n) is 18.6. The number of hydrogen-bond donors (Lipinski definition) is 2. The third-order valence-electron chi connectivity index (χ3n) is 5.52. The average Bonchev–Trinajstić information content (AvgIpc) is 3.47. The number of amides is 1. The van der Waals surface area contributed by atoms with Gasteiger partial charge in [-0.15, -0.1) is 0 Å². The summed E-state index contributed by atoms with van der Waals surface area (Å²) in [4.78, 5) is 21.2. The van der Waals surface area contributed by atoms with Gasteiger partial charge in [-0.3, -0.25) is 9.89 Å². The number of nitrogens with one attached hydrogen (secondary N) is 2. The van der Waals surface area contributed by atoms with Crippen molar-refractivity contribution in [1.29, 1.82) is 0 Å². The van der Waals surface area contributed by atoms with Crippen molar-refractivity contribution >= 4 is 17.4 Å². The predicted octanol–water partition coefficient (Wildman–Crippen LogP) is 4.99. The maximum absolute atomic E-state index is 12.7. The minimum absolute atomic E-state index is 0.0261. The minimum Gasteiger partial charge on any atom is -0.340 e. The van der Waals surface area contributed by atoms with Gasteiger partial charge >= 0.3 is 12.1 Å². The Hall–Kier alpha value is -3.95. The number of carbonyl (C=O) groups is 1. The Kier molecular flexibility index (Phi) is 6.49. The molecule has 0 spiro atoms. The first-order valence-corrected chi connectivity index (χ1v) is 10.6. The highest BCUT2D eigenvalue weighted by Gasteiger charge is 2.43. The third kappa shape index (κ3) is 5.33. The lowest BCUT2D eigenvalue weighted by Crippen LogP contribution is -2.40. The van der Waals surface area contributed by atoms with E-state index in [0.717, 1.165) is 27.3 Å². The molecule has 0 saturated carbocycles. The van der Waals surface area contributed by atoms with Crippen LogP contribution in [0.3, 0.4) is 0 Å². The van der Waals surface area contributed by atoms with Gasteiger partial charge in [0.2, 0.25) is 0 Å². The van der Waals surface area contributed by atoms with Gasteiger partial charge in [0.1, 0.15) is 11.6 Å². The van der Waals surface area contributed by atoms with Gasteiger partial charge in [-0.05, 0) is 41.8 Å². The Bertz CT molecular complexity index is 1220. The highest BCUT2D eigenvalue weighted by Crippen LogP contribution is 2.26. The summed E-state index contributed by atoms with van der Waals surface area (Å²) in [6, 6.07) is 9.60. The standard InChI is InChI=1S/C24H23F3N6O/c1-15(3-4-18-14-33(13-16(18)2)23(34)24(25,26)27)22-28-10-9-21(32-22)31-20-7-5-17(6-8-20)19-11-29-30-12-19/h3-12,15H,13-14H2,1-2H3,(H,29,30)(H,28,31,32)/b4-3-. The summed E-state index contributed by atoms with van der Waals surface area (Å²) in [7, 11) is 0. The van der Waals surface area contributed by atoms with Gasteiger partial charge in [0.15, 0.2) is 0 Å². The number of allylic oxidation sites excluding steroid dienone is 1. The molecule has 0 aliphatic carbocycles. The number of aromatic nitrogens is 4. The van der Waals surface area contributed by atoms with E-state index < -0.39 is 12.1 Å². The van der Waals surface area contributed by atoms with Crippen molar-refractivity contribution in [2.75, 3.05) is 18.4 Å². The number of hydrogen-bond acceptors (Lipinski definition) is 5. The fourth-order valence-corrected chi connectivity index (χ4v) is 3.61. The lowest BCUT2D eigenvalue weighted by molar-refractivity contribution is -0.184. The summed E-state index contributed by atoms with van der Waals surface area (Å²) >= 11 is 0. The Balaban J connectivity index is 1.40. The van der Waals surface area contributed by atoms with E-state index >= 15 is 0 Å². The van der Waals surface area contributed by atoms with Gasteiger partial charge in [0.05, 0.1) is 6.20 Å². The van der Waals surface area contributed by atoms with Crippen LogP contribution in [0.25, 0.3) is 11.1 Å². The second-order valence-corrected chi connectivity index (χ2v) is 8.10. The van der Waals surface area contributed by atoms with Crippen molar-refractivity contribution in [2.45, 2.75) is 25.9 Å². The molecular weight excluding hydrogens is 445 g/mol. The molecule has 1 aromatic carbocycles. The SMILES string of the molecule is CC1=C(/C=C\C(C)c2nccc(Nc3ccc(-c4cn[nH]c4)cc3)n2)CN(C(=O)C(F)(F)F)C1. The Labute approximate surface area is 194 Å². The van der Waals surface area contributed by atoms with E-state index in [4.69, 9.17) is 0 Å². The molecule has 34 heavy (non-hydrogen) atoms. The van der Waals surface area contributed by atoms with E-state index in [1.165, 1.54) is 0 Å². The first-order chi connectivity index (χ1) is 16.2. The van der Waals surface area contributed by atoms with Crippen LogP contribution in [0.4, 0.5) is 24.7 Å². The minimum atomic E-state index is -4.87. The summed E-state index contributed by atoms with van der Waals surface area (Å²) in [6.45, 7) is 3.54. The average molecular weight is 468 g/mol. The number of benzene rings is 1. The predicted molar refractivity (Wildman–Crippen MR) is 122 cm³/mol. The molecule has 3 heterocycles. The second kappa shape index (κ2) is 9.50. The van der Waals surface area contributed by atoms with Crippen LogP contribution < -0.4 is 5.32 Å². The Morgan fingerprint density at radius 1 is 1.18 bits per heavy atom. The Morgan fingerprint density at radius 3 is 2.62 bits per heavy atom. The van der Waals surface area contributed by atoms with E-state index in [2.05, 4.69) is 25.5 Å². The fourth-order valence-electron chi connectivity index (χ4n) is 3.61. The van der Waals surface area contributed by atoms with Crippen molar-refractivity contribution in [3.8, 4) is 11.1 Å². The van der Waals surface area contributed by atoms with Crippen LogP contribution in [-0.4, -0.2) is 50.2 Å². The molecule has 7 nitrogen and oxygen atoms in total. The van der Waals surface area contributed by atoms with E-state index in [1.54, 1.807) is 31.5 Å². The van der Waals surface area contributed by atoms with Gasteiger partial charge in [-0.25, -0.2) is 9.97 Å². The van der Waals surface area contributed by atoms with Crippen LogP contribution in [0.1, 0.15) is 25.6 Å². The number of rotatable bonds is 6. The van der Waals surface area contributed by atoms with Crippen molar-refractivity contribution in [1.82, 2.24) is 25.1 Å². The van der Waals surface area contributed by atoms with Crippen molar-refractivity contribution in [3.05, 3.63) is 78.0 Å². The summed E-state index contributed by atoms with van der Waals surface area (Å²) in [5.74, 6) is -0.809. The Morgan fingerprint density at radius 2 is 1.94 bits per heavy atom. The largest absolute Gasteiger partial charge is 0.471 e. The molecule has 1 aliphatic rings. The molecule has 0 radical (unpaired) electrons. The van der Waals surface area contributed by atoms with Gasteiger partial charge in [0, 0.05) is 42.7 Å². The molecule has 1 amide bonds. The molecule has 2 N–H and O–H groups in total. The number of carbonyl (C=O) groups excluding carboxylic acids is 1. The molecule has 4 rings (SSSR count). The van der Waals surface area contributed by atoms with E-state index in [1.807, 2.05) is 43.5 Å². The van der Waals surface area contributed by atoms with Crippen LogP contribution in [0.15, 0.2) is 72.2 Å². The van der Waals surface area contributed by atoms with Crippen LogP contribution in [0, 0.1) is 0 Å². The first-order valence-electron chi connectivity index (χ1n) is 10.6. The van der Waals surface area contributed by atoms with Crippen LogP contribution in [0.2, 0.25) is 0 Å². The van der Waals surface area contributed by atoms with Gasteiger partial charge < -0.3 is 10.2 Å². The highest BCUT2D eigenvalue weighted by atomic mass is 19.4. The van der Waals surface area contributed by atoms with Gasteiger partial charge in [-0.1, -0.05) is 31.2 Å². The van der Waals surface area contributed by atoms with Crippen molar-refractivity contribution in [3.63, 3.8) is 0 Å². The smallest absolute Gasteiger partial charge is 0.340 e. The van der Waals surface area contributed by atoms with Crippen LogP contribution in [-0.2, 0) is 4.79 Å². The molecule has 10 heteroatoms. The van der Waals surface area contributed by atoms with Gasteiger partial charge in [-0.2, -0.15) is 18.3 Å². The molecule has 0 bridgehead atoms. The monoisotopic (exact) mass is 468 g/mol. The molecular formula is C24H23F3N6O. The number of halogens is 3. The molecule has 1 atom stereocenters. The molecule has 0 fully saturated rings. The summed E-state index contributed by atoms with van der Waals surface area (Å²) in [6.07, 6.45) is 3.94. The number of alkyl halides is 3. The first kappa shape index (κ1) is 23.2. The number of H-pyrrole nitrogens is 1. The molecule has 0 saturated heterocycles. The fraction of sp³-hybridized carbons (Fsp3) is 0.250. The molecule has 1 aliphatic heterocycles. The molecule has 1 unspecified atom stereocenters. The quantitative estimate of drug-likeness (QED) is 0.532. The molecule has 176 valence electrons. The van der Waals surface area contributed by atoms with E-state index in [0.29, 0.717) is 17.2 Å². The van der Waals surface area contributed by atoms with Crippen LogP contribution in [0.5, 0.6) is 0 Å². The van der Waals surface area contributed by atoms with Crippen LogP contribution >= 0.6 is 0 Å². The van der Waals surface area contributed by atoms with Gasteiger partial charge in [0.25, 0.3) is 0 Å². The molecule has 2 aromatic heterocycles. The number of nitrogens with zero attached hydrogens (tertiary/aromatic N) is 4. The number of anilines is 2. The molecule has 3 aromatic rings. The second-order valence-electron chi connectivity index (χ2n) is 8.10. The van der Waals surface area contributed by atoms with E-state index in [-0.39, 0.29) is 19.0 Å². The zero-order valence-corrected chi connectivity index (χ0v) is 18.6. The topological polar surface area (TPSA) is 86.8 Å². The maximum Gasteiger partial charge on any atom is 0.471 e. The van der Waals surface area contributed by atoms with Crippen molar-refractivity contribution < 1.29 is 18.0 Å². The van der Waals surface area contributed by atoms with Crippen molar-refractivity contribution in [2.24, 2.45) is 0 Å². The zero-order chi connectivity index (χ0) is 24.3. The van der Waals surface area contributed by atoms with E-state index in [9.17, 15) is 18.0 Å².